The summed E-state index contributed by atoms with van der Waals surface area (Å²) in [6.45, 7) is 8.99. The van der Waals surface area contributed by atoms with Crippen LogP contribution >= 0.6 is 0 Å². The van der Waals surface area contributed by atoms with E-state index in [-0.39, 0.29) is 0 Å². The molecule has 1 aromatic carbocycles. The molecule has 6 heteroatoms. The molecule has 4 unspecified atom stereocenters. The SMILES string of the molecule is CCNC(=NCc1ccc(C)cc1OCC1CCOC1)NC1C2CCOC2C12CCC2. The monoisotopic (exact) mass is 427 g/mol. The van der Waals surface area contributed by atoms with Gasteiger partial charge < -0.3 is 24.8 Å². The Morgan fingerprint density at radius 3 is 2.90 bits per heavy atom. The van der Waals surface area contributed by atoms with E-state index in [1.54, 1.807) is 0 Å². The molecule has 4 fully saturated rings. The molecule has 0 radical (unpaired) electrons. The maximum Gasteiger partial charge on any atom is 0.191 e. The van der Waals surface area contributed by atoms with E-state index in [1.807, 2.05) is 0 Å². The number of aryl methyl sites for hydroxylation is 1. The van der Waals surface area contributed by atoms with E-state index in [4.69, 9.17) is 19.2 Å². The number of nitrogens with one attached hydrogen (secondary N) is 2. The Labute approximate surface area is 186 Å². The summed E-state index contributed by atoms with van der Waals surface area (Å²) in [5, 5.41) is 7.26. The third kappa shape index (κ3) is 4.05. The average molecular weight is 428 g/mol. The van der Waals surface area contributed by atoms with Gasteiger partial charge in [0.1, 0.15) is 5.75 Å². The summed E-state index contributed by atoms with van der Waals surface area (Å²) >= 11 is 0. The Kier molecular flexibility index (Phi) is 6.11. The first-order valence-corrected chi connectivity index (χ1v) is 12.2. The molecule has 2 saturated heterocycles. The molecule has 6 nitrogen and oxygen atoms in total. The standard InChI is InChI=1S/C25H37N3O3/c1-3-26-24(28-22-20-8-12-30-23(20)25(22)9-4-10-25)27-14-19-6-5-17(2)13-21(19)31-16-18-7-11-29-15-18/h5-6,13,18,20,22-23H,3-4,7-12,14-16H2,1-2H3,(H2,26,27,28). The van der Waals surface area contributed by atoms with Gasteiger partial charge in [0.2, 0.25) is 0 Å². The zero-order chi connectivity index (χ0) is 21.3. The van der Waals surface area contributed by atoms with Crippen molar-refractivity contribution >= 4 is 5.96 Å². The fourth-order valence-electron chi connectivity index (χ4n) is 5.94. The molecule has 1 spiro atoms. The van der Waals surface area contributed by atoms with Crippen molar-refractivity contribution in [3.8, 4) is 5.75 Å². The smallest absolute Gasteiger partial charge is 0.191 e. The van der Waals surface area contributed by atoms with Crippen LogP contribution in [0, 0.1) is 24.2 Å². The van der Waals surface area contributed by atoms with E-state index in [9.17, 15) is 0 Å². The summed E-state index contributed by atoms with van der Waals surface area (Å²) < 4.78 is 17.8. The van der Waals surface area contributed by atoms with Gasteiger partial charge in [0.05, 0.1) is 25.9 Å². The quantitative estimate of drug-likeness (QED) is 0.516. The minimum atomic E-state index is 0.346. The van der Waals surface area contributed by atoms with Crippen LogP contribution in [0.25, 0.3) is 0 Å². The molecule has 4 aliphatic rings. The van der Waals surface area contributed by atoms with Crippen LogP contribution in [-0.4, -0.2) is 51.1 Å². The predicted molar refractivity (Wildman–Crippen MR) is 121 cm³/mol. The maximum absolute atomic E-state index is 6.22. The minimum Gasteiger partial charge on any atom is -0.493 e. The molecule has 1 aromatic rings. The summed E-state index contributed by atoms with van der Waals surface area (Å²) in [7, 11) is 0. The molecule has 0 amide bonds. The molecule has 4 atom stereocenters. The van der Waals surface area contributed by atoms with Crippen molar-refractivity contribution in [2.75, 3.05) is 33.0 Å². The number of benzene rings is 1. The zero-order valence-electron chi connectivity index (χ0n) is 19.0. The van der Waals surface area contributed by atoms with Gasteiger partial charge in [-0.3, -0.25) is 0 Å². The number of ether oxygens (including phenoxy) is 3. The van der Waals surface area contributed by atoms with E-state index in [1.165, 1.54) is 31.2 Å². The van der Waals surface area contributed by atoms with Crippen LogP contribution in [0.15, 0.2) is 23.2 Å². The highest BCUT2D eigenvalue weighted by Gasteiger charge is 2.66. The third-order valence-corrected chi connectivity index (χ3v) is 7.80. The average Bonchev–Trinajstić information content (AvgIpc) is 3.39. The van der Waals surface area contributed by atoms with Gasteiger partial charge in [-0.1, -0.05) is 18.6 Å². The van der Waals surface area contributed by atoms with Gasteiger partial charge in [0, 0.05) is 48.6 Å². The lowest BCUT2D eigenvalue weighted by Crippen LogP contribution is -2.72. The van der Waals surface area contributed by atoms with Gasteiger partial charge in [-0.25, -0.2) is 4.99 Å². The van der Waals surface area contributed by atoms with Crippen molar-refractivity contribution in [3.05, 3.63) is 29.3 Å². The number of rotatable bonds is 7. The highest BCUT2D eigenvalue weighted by atomic mass is 16.5. The number of hydrogen-bond acceptors (Lipinski definition) is 4. The Morgan fingerprint density at radius 1 is 1.26 bits per heavy atom. The zero-order valence-corrected chi connectivity index (χ0v) is 19.0. The van der Waals surface area contributed by atoms with E-state index in [2.05, 4.69) is 42.7 Å². The Morgan fingerprint density at radius 2 is 2.16 bits per heavy atom. The van der Waals surface area contributed by atoms with Crippen LogP contribution in [0.1, 0.15) is 50.2 Å². The Bertz CT molecular complexity index is 801. The normalized spacial score (nSPS) is 31.1. The van der Waals surface area contributed by atoms with Gasteiger partial charge in [0.15, 0.2) is 5.96 Å². The second kappa shape index (κ2) is 8.99. The second-order valence-electron chi connectivity index (χ2n) is 9.80. The second-order valence-corrected chi connectivity index (χ2v) is 9.80. The molecule has 0 bridgehead atoms. The van der Waals surface area contributed by atoms with Crippen molar-refractivity contribution in [2.45, 2.75) is 64.6 Å². The van der Waals surface area contributed by atoms with Gasteiger partial charge in [-0.15, -0.1) is 0 Å². The highest BCUT2D eigenvalue weighted by Crippen LogP contribution is 2.62. The molecule has 170 valence electrons. The van der Waals surface area contributed by atoms with Crippen LogP contribution in [0.4, 0.5) is 0 Å². The van der Waals surface area contributed by atoms with E-state index < -0.39 is 0 Å². The Hall–Kier alpha value is -1.79. The van der Waals surface area contributed by atoms with E-state index in [0.29, 0.717) is 42.5 Å². The molecule has 31 heavy (non-hydrogen) atoms. The molecule has 2 aliphatic carbocycles. The lowest BCUT2D eigenvalue weighted by molar-refractivity contribution is -0.171. The van der Waals surface area contributed by atoms with Crippen LogP contribution in [0.2, 0.25) is 0 Å². The molecule has 2 aliphatic heterocycles. The lowest BCUT2D eigenvalue weighted by atomic mass is 9.46. The first-order valence-electron chi connectivity index (χ1n) is 12.2. The van der Waals surface area contributed by atoms with Crippen LogP contribution in [0.3, 0.4) is 0 Å². The van der Waals surface area contributed by atoms with Crippen LogP contribution in [-0.2, 0) is 16.0 Å². The van der Waals surface area contributed by atoms with E-state index >= 15 is 0 Å². The molecular formula is C25H37N3O3. The number of aliphatic imine (C=N–C) groups is 1. The largest absolute Gasteiger partial charge is 0.493 e. The fourth-order valence-corrected chi connectivity index (χ4v) is 5.94. The molecular weight excluding hydrogens is 390 g/mol. The molecule has 2 heterocycles. The van der Waals surface area contributed by atoms with Crippen LogP contribution < -0.4 is 15.4 Å². The maximum atomic E-state index is 6.22. The summed E-state index contributed by atoms with van der Waals surface area (Å²) in [6.07, 6.45) is 6.62. The molecule has 5 rings (SSSR count). The molecule has 0 aromatic heterocycles. The number of hydrogen-bond donors (Lipinski definition) is 2. The first kappa shape index (κ1) is 21.1. The summed E-state index contributed by atoms with van der Waals surface area (Å²) in [4.78, 5) is 4.96. The van der Waals surface area contributed by atoms with Gasteiger partial charge >= 0.3 is 0 Å². The number of fused-ring (bicyclic) bond motifs is 2. The van der Waals surface area contributed by atoms with Gasteiger partial charge in [0.25, 0.3) is 0 Å². The minimum absolute atomic E-state index is 0.346. The Balaban J connectivity index is 1.27. The van der Waals surface area contributed by atoms with Crippen molar-refractivity contribution in [1.29, 1.82) is 0 Å². The lowest BCUT2D eigenvalue weighted by Gasteiger charge is -2.63. The topological polar surface area (TPSA) is 64.1 Å². The molecule has 2 saturated carbocycles. The fraction of sp³-hybridized carbons (Fsp3) is 0.720. The summed E-state index contributed by atoms with van der Waals surface area (Å²) in [5.41, 5.74) is 2.69. The van der Waals surface area contributed by atoms with Crippen molar-refractivity contribution in [3.63, 3.8) is 0 Å². The summed E-state index contributed by atoms with van der Waals surface area (Å²) in [6, 6.07) is 6.92. The summed E-state index contributed by atoms with van der Waals surface area (Å²) in [5.74, 6) is 3.00. The third-order valence-electron chi connectivity index (χ3n) is 7.80. The van der Waals surface area contributed by atoms with Crippen molar-refractivity contribution < 1.29 is 14.2 Å². The first-order chi connectivity index (χ1) is 15.2. The van der Waals surface area contributed by atoms with Crippen molar-refractivity contribution in [2.24, 2.45) is 22.2 Å². The van der Waals surface area contributed by atoms with Crippen molar-refractivity contribution in [1.82, 2.24) is 10.6 Å². The number of nitrogens with zero attached hydrogens (tertiary/aromatic N) is 1. The van der Waals surface area contributed by atoms with E-state index in [0.717, 1.165) is 50.1 Å². The predicted octanol–water partition coefficient (Wildman–Crippen LogP) is 3.42. The van der Waals surface area contributed by atoms with Gasteiger partial charge in [-0.2, -0.15) is 0 Å². The van der Waals surface area contributed by atoms with Crippen LogP contribution in [0.5, 0.6) is 5.75 Å². The number of guanidine groups is 1. The highest BCUT2D eigenvalue weighted by molar-refractivity contribution is 5.80. The molecule has 2 N–H and O–H groups in total. The van der Waals surface area contributed by atoms with Gasteiger partial charge in [-0.05, 0) is 51.2 Å².